The molecular formula is C35H46FN3O6. The van der Waals surface area contributed by atoms with Gasteiger partial charge in [0.1, 0.15) is 5.82 Å². The van der Waals surface area contributed by atoms with Gasteiger partial charge in [-0.15, -0.1) is 0 Å². The van der Waals surface area contributed by atoms with Crippen LogP contribution in [0.3, 0.4) is 0 Å². The molecular weight excluding hydrogens is 577 g/mol. The van der Waals surface area contributed by atoms with E-state index in [9.17, 15) is 23.9 Å². The smallest absolute Gasteiger partial charge is 0.308 e. The maximum absolute atomic E-state index is 14.4. The highest BCUT2D eigenvalue weighted by Gasteiger charge is 2.48. The molecule has 3 heterocycles. The van der Waals surface area contributed by atoms with Crippen LogP contribution in [-0.4, -0.2) is 77.7 Å². The number of ether oxygens (including phenoxy) is 2. The molecule has 0 radical (unpaired) electrons. The summed E-state index contributed by atoms with van der Waals surface area (Å²) in [7, 11) is 0. The van der Waals surface area contributed by atoms with E-state index in [1.54, 1.807) is 19.1 Å². The summed E-state index contributed by atoms with van der Waals surface area (Å²) in [6.07, 6.45) is 6.14. The Morgan fingerprint density at radius 2 is 1.82 bits per heavy atom. The van der Waals surface area contributed by atoms with Crippen LogP contribution in [0.2, 0.25) is 0 Å². The second-order valence-electron chi connectivity index (χ2n) is 12.6. The lowest BCUT2D eigenvalue weighted by atomic mass is 9.84. The molecule has 0 bridgehead atoms. The number of hydrogen-bond donors (Lipinski definition) is 1. The van der Waals surface area contributed by atoms with Crippen LogP contribution in [0.5, 0.6) is 11.5 Å². The van der Waals surface area contributed by atoms with Gasteiger partial charge in [0.25, 0.3) is 0 Å². The highest BCUT2D eigenvalue weighted by Crippen LogP contribution is 2.43. The number of rotatable bonds is 13. The second-order valence-corrected chi connectivity index (χ2v) is 12.6. The number of carboxylic acid groups (broad SMARTS) is 1. The predicted octanol–water partition coefficient (Wildman–Crippen LogP) is 5.74. The molecule has 45 heavy (non-hydrogen) atoms. The van der Waals surface area contributed by atoms with Gasteiger partial charge in [0.2, 0.25) is 18.6 Å². The topological polar surface area (TPSA) is 99.6 Å². The molecule has 10 heteroatoms. The van der Waals surface area contributed by atoms with Gasteiger partial charge in [-0.1, -0.05) is 32.8 Å². The lowest BCUT2D eigenvalue weighted by molar-refractivity contribution is -0.143. The number of hydrogen-bond acceptors (Lipinski definition) is 6. The third-order valence-corrected chi connectivity index (χ3v) is 9.61. The van der Waals surface area contributed by atoms with Crippen LogP contribution in [0.1, 0.15) is 82.3 Å². The number of aryl methyl sites for hydroxylation is 1. The molecule has 9 nitrogen and oxygen atoms in total. The maximum Gasteiger partial charge on any atom is 0.308 e. The number of fused-ring (bicyclic) bond motifs is 1. The Bertz CT molecular complexity index is 1380. The van der Waals surface area contributed by atoms with Crippen molar-refractivity contribution < 1.29 is 33.4 Å². The Balaban J connectivity index is 1.47. The molecule has 2 saturated heterocycles. The highest BCUT2D eigenvalue weighted by atomic mass is 19.1. The summed E-state index contributed by atoms with van der Waals surface area (Å²) >= 11 is 0. The number of halogens is 1. The van der Waals surface area contributed by atoms with Gasteiger partial charge in [-0.25, -0.2) is 4.39 Å². The number of carbonyl (C=O) groups excluding carboxylic acids is 2. The minimum atomic E-state index is -0.927. The fourth-order valence-corrected chi connectivity index (χ4v) is 7.38. The van der Waals surface area contributed by atoms with E-state index in [2.05, 4.69) is 13.8 Å². The zero-order chi connectivity index (χ0) is 32.1. The van der Waals surface area contributed by atoms with Crippen LogP contribution in [0, 0.1) is 18.7 Å². The van der Waals surface area contributed by atoms with Gasteiger partial charge in [0, 0.05) is 49.7 Å². The van der Waals surface area contributed by atoms with Crippen LogP contribution >= 0.6 is 0 Å². The maximum atomic E-state index is 14.4. The van der Waals surface area contributed by atoms with Gasteiger partial charge in [-0.3, -0.25) is 19.3 Å². The molecule has 0 aromatic heterocycles. The number of aliphatic carboxylic acids is 1. The Hall–Kier alpha value is -3.66. The molecule has 2 fully saturated rings. The summed E-state index contributed by atoms with van der Waals surface area (Å²) in [4.78, 5) is 45.7. The number of piperidine rings is 1. The zero-order valence-electron chi connectivity index (χ0n) is 26.7. The first-order chi connectivity index (χ1) is 21.7. The largest absolute Gasteiger partial charge is 0.481 e. The fourth-order valence-electron chi connectivity index (χ4n) is 7.38. The average molecular weight is 624 g/mol. The summed E-state index contributed by atoms with van der Waals surface area (Å²) in [5.74, 6) is -1.26. The van der Waals surface area contributed by atoms with Gasteiger partial charge in [-0.2, -0.15) is 0 Å². The summed E-state index contributed by atoms with van der Waals surface area (Å²) in [6.45, 7) is 7.49. The van der Waals surface area contributed by atoms with E-state index in [0.717, 1.165) is 44.1 Å². The molecule has 2 aromatic rings. The van der Waals surface area contributed by atoms with E-state index in [-0.39, 0.29) is 37.0 Å². The van der Waals surface area contributed by atoms with E-state index < -0.39 is 23.8 Å². The van der Waals surface area contributed by atoms with E-state index in [1.165, 1.54) is 6.07 Å². The number of anilines is 1. The molecule has 2 aromatic carbocycles. The van der Waals surface area contributed by atoms with Gasteiger partial charge < -0.3 is 24.4 Å². The van der Waals surface area contributed by atoms with Crippen molar-refractivity contribution in [3.8, 4) is 11.5 Å². The monoisotopic (exact) mass is 623 g/mol. The van der Waals surface area contributed by atoms with Crippen LogP contribution in [0.4, 0.5) is 10.1 Å². The first-order valence-corrected chi connectivity index (χ1v) is 16.4. The zero-order valence-corrected chi connectivity index (χ0v) is 26.7. The van der Waals surface area contributed by atoms with E-state index in [0.29, 0.717) is 55.2 Å². The van der Waals surface area contributed by atoms with Gasteiger partial charge in [-0.05, 0) is 80.5 Å². The standard InChI is InChI=1S/C35H46FN3O6/c1-4-8-25(9-5-2)39(26-12-13-28(36)23(3)18-26)33(41)21-38-20-27(24-11-14-30-31(19-24)45-22-44-30)34(35(42)43)29(38)15-17-37-16-7-6-10-32(37)40/h11-14,18-19,25,27,29,34H,4-10,15-17,20-22H2,1-3H3,(H,42,43). The van der Waals surface area contributed by atoms with Crippen molar-refractivity contribution in [2.45, 2.75) is 90.1 Å². The van der Waals surface area contributed by atoms with Crippen LogP contribution in [-0.2, 0) is 14.4 Å². The van der Waals surface area contributed by atoms with Gasteiger partial charge in [0.15, 0.2) is 11.5 Å². The molecule has 244 valence electrons. The third kappa shape index (κ3) is 7.27. The first kappa shape index (κ1) is 32.7. The Labute approximate surface area is 265 Å². The summed E-state index contributed by atoms with van der Waals surface area (Å²) in [5, 5.41) is 10.6. The number of carbonyl (C=O) groups is 3. The molecule has 0 aliphatic carbocycles. The minimum Gasteiger partial charge on any atom is -0.481 e. The number of likely N-dealkylation sites (tertiary alicyclic amines) is 2. The average Bonchev–Trinajstić information content (AvgIpc) is 3.63. The minimum absolute atomic E-state index is 0.0177. The molecule has 5 rings (SSSR count). The van der Waals surface area contributed by atoms with Crippen LogP contribution in [0.15, 0.2) is 36.4 Å². The van der Waals surface area contributed by atoms with E-state index >= 15 is 0 Å². The van der Waals surface area contributed by atoms with Crippen molar-refractivity contribution in [3.63, 3.8) is 0 Å². The third-order valence-electron chi connectivity index (χ3n) is 9.61. The number of benzene rings is 2. The van der Waals surface area contributed by atoms with Crippen molar-refractivity contribution in [1.82, 2.24) is 9.80 Å². The summed E-state index contributed by atoms with van der Waals surface area (Å²) in [6, 6.07) is 9.81. The van der Waals surface area contributed by atoms with Crippen molar-refractivity contribution in [3.05, 3.63) is 53.3 Å². The quantitative estimate of drug-likeness (QED) is 0.304. The van der Waals surface area contributed by atoms with Gasteiger partial charge in [0.05, 0.1) is 12.5 Å². The van der Waals surface area contributed by atoms with Crippen molar-refractivity contribution in [2.75, 3.05) is 37.9 Å². The SMILES string of the molecule is CCCC(CCC)N(C(=O)CN1CC(c2ccc3c(c2)OCO3)C(C(=O)O)C1CCN1CCCCC1=O)c1ccc(F)c(C)c1. The lowest BCUT2D eigenvalue weighted by Crippen LogP contribution is -2.49. The second kappa shape index (κ2) is 14.6. The molecule has 3 atom stereocenters. The Kier molecular flexibility index (Phi) is 10.6. The molecule has 0 spiro atoms. The highest BCUT2D eigenvalue weighted by molar-refractivity contribution is 5.95. The van der Waals surface area contributed by atoms with Crippen LogP contribution in [0.25, 0.3) is 0 Å². The molecule has 0 saturated carbocycles. The van der Waals surface area contributed by atoms with E-state index in [1.807, 2.05) is 32.9 Å². The Morgan fingerprint density at radius 1 is 1.07 bits per heavy atom. The molecule has 3 aliphatic rings. The molecule has 1 N–H and O–H groups in total. The van der Waals surface area contributed by atoms with Crippen molar-refractivity contribution in [1.29, 1.82) is 0 Å². The molecule has 3 unspecified atom stereocenters. The predicted molar refractivity (Wildman–Crippen MR) is 169 cm³/mol. The van der Waals surface area contributed by atoms with E-state index in [4.69, 9.17) is 9.47 Å². The van der Waals surface area contributed by atoms with Crippen LogP contribution < -0.4 is 14.4 Å². The van der Waals surface area contributed by atoms with Crippen molar-refractivity contribution >= 4 is 23.5 Å². The lowest BCUT2D eigenvalue weighted by Gasteiger charge is -2.35. The summed E-state index contributed by atoms with van der Waals surface area (Å²) in [5.41, 5.74) is 1.94. The van der Waals surface area contributed by atoms with Gasteiger partial charge >= 0.3 is 5.97 Å². The molecule has 3 aliphatic heterocycles. The fraction of sp³-hybridized carbons (Fsp3) is 0.571. The number of nitrogens with zero attached hydrogens (tertiary/aromatic N) is 3. The normalized spacial score (nSPS) is 21.5. The molecule has 2 amide bonds. The Morgan fingerprint density at radius 3 is 2.51 bits per heavy atom. The summed E-state index contributed by atoms with van der Waals surface area (Å²) < 4.78 is 25.4. The van der Waals surface area contributed by atoms with Crippen molar-refractivity contribution in [2.24, 2.45) is 5.92 Å². The first-order valence-electron chi connectivity index (χ1n) is 16.4. The number of carboxylic acids is 1. The number of amides is 2.